The summed E-state index contributed by atoms with van der Waals surface area (Å²) in [5.41, 5.74) is 2.77. The molecular weight excluding hydrogens is 352 g/mol. The van der Waals surface area contributed by atoms with Gasteiger partial charge in [-0.15, -0.1) is 0 Å². The van der Waals surface area contributed by atoms with E-state index in [4.69, 9.17) is 11.6 Å². The molecular formula is C19H17ClN4O2. The fraction of sp³-hybridized carbons (Fsp3) is 0.158. The van der Waals surface area contributed by atoms with Crippen molar-refractivity contribution in [2.75, 3.05) is 5.32 Å². The van der Waals surface area contributed by atoms with Crippen molar-refractivity contribution in [3.8, 4) is 11.3 Å². The average Bonchev–Trinajstić information content (AvgIpc) is 2.61. The van der Waals surface area contributed by atoms with Gasteiger partial charge in [0.05, 0.1) is 12.2 Å². The van der Waals surface area contributed by atoms with Crippen LogP contribution in [0.5, 0.6) is 0 Å². The predicted octanol–water partition coefficient (Wildman–Crippen LogP) is 3.27. The maximum absolute atomic E-state index is 12.4. The highest BCUT2D eigenvalue weighted by atomic mass is 35.5. The monoisotopic (exact) mass is 368 g/mol. The van der Waals surface area contributed by atoms with Crippen LogP contribution in [-0.4, -0.2) is 20.7 Å². The van der Waals surface area contributed by atoms with Gasteiger partial charge in [0.2, 0.25) is 5.91 Å². The smallest absolute Gasteiger partial charge is 0.270 e. The number of hydrogen-bond donors (Lipinski definition) is 1. The van der Waals surface area contributed by atoms with Crippen LogP contribution in [0, 0.1) is 6.92 Å². The van der Waals surface area contributed by atoms with Crippen LogP contribution in [0.15, 0.2) is 53.5 Å². The first kappa shape index (κ1) is 17.8. The van der Waals surface area contributed by atoms with Crippen molar-refractivity contribution in [1.82, 2.24) is 14.8 Å². The lowest BCUT2D eigenvalue weighted by atomic mass is 10.1. The van der Waals surface area contributed by atoms with E-state index in [2.05, 4.69) is 15.4 Å². The molecule has 0 aliphatic heterocycles. The van der Waals surface area contributed by atoms with E-state index in [0.717, 1.165) is 11.1 Å². The summed E-state index contributed by atoms with van der Waals surface area (Å²) in [7, 11) is 0. The number of hydrogen-bond acceptors (Lipinski definition) is 4. The zero-order valence-corrected chi connectivity index (χ0v) is 15.1. The van der Waals surface area contributed by atoms with E-state index in [-0.39, 0.29) is 11.5 Å². The summed E-state index contributed by atoms with van der Waals surface area (Å²) in [6.07, 6.45) is 1.62. The van der Waals surface area contributed by atoms with Gasteiger partial charge in [-0.2, -0.15) is 5.10 Å². The Morgan fingerprint density at radius 1 is 1.19 bits per heavy atom. The molecule has 3 aromatic rings. The first-order chi connectivity index (χ1) is 12.4. The van der Waals surface area contributed by atoms with Crippen LogP contribution in [0.3, 0.4) is 0 Å². The Bertz CT molecular complexity index is 996. The fourth-order valence-electron chi connectivity index (χ4n) is 2.49. The van der Waals surface area contributed by atoms with Crippen molar-refractivity contribution in [2.45, 2.75) is 20.4 Å². The zero-order chi connectivity index (χ0) is 18.7. The minimum Gasteiger partial charge on any atom is -0.311 e. The summed E-state index contributed by atoms with van der Waals surface area (Å²) in [6.45, 7) is 3.53. The molecule has 0 radical (unpaired) electrons. The number of amides is 1. The molecule has 0 atom stereocenters. The number of rotatable bonds is 4. The molecule has 1 N–H and O–H groups in total. The average molecular weight is 369 g/mol. The third-order valence-corrected chi connectivity index (χ3v) is 4.01. The van der Waals surface area contributed by atoms with Crippen LogP contribution in [-0.2, 0) is 11.3 Å². The normalized spacial score (nSPS) is 10.6. The molecule has 132 valence electrons. The third kappa shape index (κ3) is 4.15. The largest absolute Gasteiger partial charge is 0.311 e. The number of nitrogens with one attached hydrogen (secondary N) is 1. The quantitative estimate of drug-likeness (QED) is 0.766. The first-order valence-corrected chi connectivity index (χ1v) is 8.37. The SMILES string of the molecule is CC(=O)Nc1ccc(-c2cc(C)c(=O)n(Cc3ccc(Cl)cc3)n2)cn1. The van der Waals surface area contributed by atoms with Gasteiger partial charge in [0, 0.05) is 29.3 Å². The third-order valence-electron chi connectivity index (χ3n) is 3.76. The molecule has 3 rings (SSSR count). The number of anilines is 1. The zero-order valence-electron chi connectivity index (χ0n) is 14.4. The minimum absolute atomic E-state index is 0.147. The lowest BCUT2D eigenvalue weighted by Crippen LogP contribution is -2.25. The Kier molecular flexibility index (Phi) is 5.14. The molecule has 26 heavy (non-hydrogen) atoms. The van der Waals surface area contributed by atoms with Gasteiger partial charge in [0.1, 0.15) is 5.82 Å². The lowest BCUT2D eigenvalue weighted by Gasteiger charge is -2.10. The van der Waals surface area contributed by atoms with Crippen molar-refractivity contribution in [2.24, 2.45) is 0 Å². The van der Waals surface area contributed by atoms with Gasteiger partial charge in [-0.1, -0.05) is 23.7 Å². The number of benzene rings is 1. The second-order valence-electron chi connectivity index (χ2n) is 5.92. The molecule has 0 unspecified atom stereocenters. The van der Waals surface area contributed by atoms with E-state index in [1.807, 2.05) is 12.1 Å². The molecule has 0 saturated heterocycles. The molecule has 0 saturated carbocycles. The van der Waals surface area contributed by atoms with Crippen LogP contribution in [0.2, 0.25) is 5.02 Å². The number of aryl methyl sites for hydroxylation is 1. The van der Waals surface area contributed by atoms with Gasteiger partial charge in [-0.25, -0.2) is 9.67 Å². The molecule has 0 spiro atoms. The van der Waals surface area contributed by atoms with E-state index < -0.39 is 0 Å². The van der Waals surface area contributed by atoms with Crippen molar-refractivity contribution in [3.05, 3.63) is 75.2 Å². The number of carbonyl (C=O) groups is 1. The summed E-state index contributed by atoms with van der Waals surface area (Å²) in [5.74, 6) is 0.281. The highest BCUT2D eigenvalue weighted by Gasteiger charge is 2.09. The summed E-state index contributed by atoms with van der Waals surface area (Å²) in [6, 6.07) is 12.5. The number of carbonyl (C=O) groups excluding carboxylic acids is 1. The van der Waals surface area contributed by atoms with Gasteiger partial charge in [-0.05, 0) is 42.8 Å². The van der Waals surface area contributed by atoms with Crippen molar-refractivity contribution in [3.63, 3.8) is 0 Å². The van der Waals surface area contributed by atoms with Crippen LogP contribution in [0.25, 0.3) is 11.3 Å². The number of nitrogens with zero attached hydrogens (tertiary/aromatic N) is 3. The predicted molar refractivity (Wildman–Crippen MR) is 101 cm³/mol. The number of pyridine rings is 1. The van der Waals surface area contributed by atoms with E-state index in [1.54, 1.807) is 43.5 Å². The Hall–Kier alpha value is -2.99. The lowest BCUT2D eigenvalue weighted by molar-refractivity contribution is -0.114. The second-order valence-corrected chi connectivity index (χ2v) is 6.35. The van der Waals surface area contributed by atoms with Gasteiger partial charge in [0.15, 0.2) is 0 Å². The molecule has 2 heterocycles. The van der Waals surface area contributed by atoms with Crippen molar-refractivity contribution < 1.29 is 4.79 Å². The fourth-order valence-corrected chi connectivity index (χ4v) is 2.61. The summed E-state index contributed by atoms with van der Waals surface area (Å²) < 4.78 is 1.43. The molecule has 1 amide bonds. The van der Waals surface area contributed by atoms with Crippen LogP contribution >= 0.6 is 11.6 Å². The molecule has 0 fully saturated rings. The molecule has 6 nitrogen and oxygen atoms in total. The topological polar surface area (TPSA) is 76.9 Å². The Balaban J connectivity index is 1.93. The van der Waals surface area contributed by atoms with Gasteiger partial charge in [0.25, 0.3) is 5.56 Å². The van der Waals surface area contributed by atoms with Gasteiger partial charge in [-0.3, -0.25) is 9.59 Å². The first-order valence-electron chi connectivity index (χ1n) is 7.99. The van der Waals surface area contributed by atoms with Crippen molar-refractivity contribution >= 4 is 23.3 Å². The van der Waals surface area contributed by atoms with Crippen LogP contribution < -0.4 is 10.9 Å². The molecule has 1 aromatic carbocycles. The molecule has 0 bridgehead atoms. The highest BCUT2D eigenvalue weighted by Crippen LogP contribution is 2.18. The molecule has 0 aliphatic rings. The van der Waals surface area contributed by atoms with Crippen LogP contribution in [0.4, 0.5) is 5.82 Å². The van der Waals surface area contributed by atoms with E-state index >= 15 is 0 Å². The molecule has 7 heteroatoms. The number of halogens is 1. The molecule has 2 aromatic heterocycles. The summed E-state index contributed by atoms with van der Waals surface area (Å²) in [4.78, 5) is 27.7. The van der Waals surface area contributed by atoms with Crippen molar-refractivity contribution in [1.29, 1.82) is 0 Å². The minimum atomic E-state index is -0.185. The maximum Gasteiger partial charge on any atom is 0.270 e. The summed E-state index contributed by atoms with van der Waals surface area (Å²) >= 11 is 5.90. The van der Waals surface area contributed by atoms with E-state index in [1.165, 1.54) is 11.6 Å². The van der Waals surface area contributed by atoms with Gasteiger partial charge >= 0.3 is 0 Å². The molecule has 0 aliphatic carbocycles. The Morgan fingerprint density at radius 2 is 1.92 bits per heavy atom. The van der Waals surface area contributed by atoms with Gasteiger partial charge < -0.3 is 5.32 Å². The van der Waals surface area contributed by atoms with E-state index in [9.17, 15) is 9.59 Å². The van der Waals surface area contributed by atoms with Crippen LogP contribution in [0.1, 0.15) is 18.1 Å². The standard InChI is InChI=1S/C19H17ClN4O2/c1-12-9-17(15-5-8-18(21-10-15)22-13(2)25)23-24(19(12)26)11-14-3-6-16(20)7-4-14/h3-10H,11H2,1-2H3,(H,21,22,25). The Labute approximate surface area is 155 Å². The highest BCUT2D eigenvalue weighted by molar-refractivity contribution is 6.30. The Morgan fingerprint density at radius 3 is 2.54 bits per heavy atom. The number of aromatic nitrogens is 3. The summed E-state index contributed by atoms with van der Waals surface area (Å²) in [5, 5.41) is 7.71. The second kappa shape index (κ2) is 7.49. The maximum atomic E-state index is 12.4. The van der Waals surface area contributed by atoms with E-state index in [0.29, 0.717) is 28.6 Å².